The Morgan fingerprint density at radius 1 is 1.02 bits per heavy atom. The van der Waals surface area contributed by atoms with E-state index >= 15 is 0 Å². The van der Waals surface area contributed by atoms with Gasteiger partial charge in [-0.25, -0.2) is 13.4 Å². The molecule has 3 fully saturated rings. The molecule has 2 aromatic rings. The highest BCUT2D eigenvalue weighted by atomic mass is 32.2. The van der Waals surface area contributed by atoms with E-state index in [1.54, 1.807) is 49.4 Å². The van der Waals surface area contributed by atoms with Gasteiger partial charge in [-0.3, -0.25) is 19.2 Å². The lowest BCUT2D eigenvalue weighted by atomic mass is 9.74. The molecule has 2 heterocycles. The number of carboxylic acids is 1. The fourth-order valence-corrected chi connectivity index (χ4v) is 7.77. The normalized spacial score (nSPS) is 21.5. The molecule has 1 saturated carbocycles. The number of piperidine rings is 2. The lowest BCUT2D eigenvalue weighted by molar-refractivity contribution is -0.145. The molecule has 0 unspecified atom stereocenters. The van der Waals surface area contributed by atoms with E-state index in [0.29, 0.717) is 42.8 Å². The number of nitrogens with two attached hydrogens (primary N) is 1. The number of amidine groups is 1. The van der Waals surface area contributed by atoms with Gasteiger partial charge in [0.05, 0.1) is 28.4 Å². The molecule has 11 nitrogen and oxygen atoms in total. The number of aliphatic carboxylic acids is 1. The van der Waals surface area contributed by atoms with Crippen molar-refractivity contribution in [3.05, 3.63) is 60.2 Å². The molecule has 1 amide bonds. The summed E-state index contributed by atoms with van der Waals surface area (Å²) < 4.78 is 28.5. The first kappa shape index (κ1) is 31.0. The van der Waals surface area contributed by atoms with Crippen molar-refractivity contribution in [2.75, 3.05) is 6.54 Å². The molecular weight excluding hydrogens is 560 g/mol. The van der Waals surface area contributed by atoms with E-state index in [0.717, 1.165) is 0 Å². The third kappa shape index (κ3) is 7.29. The van der Waals surface area contributed by atoms with Crippen molar-refractivity contribution in [2.24, 2.45) is 22.6 Å². The molecule has 12 heteroatoms. The van der Waals surface area contributed by atoms with Crippen molar-refractivity contribution >= 4 is 45.0 Å². The summed E-state index contributed by atoms with van der Waals surface area (Å²) in [7, 11) is -3.97. The van der Waals surface area contributed by atoms with Gasteiger partial charge in [-0.15, -0.1) is 0 Å². The number of nitrogens with zero attached hydrogens (tertiary/aromatic N) is 2. The standard InChI is InChI=1S/C30H36N4O7S/c1-19(31)33-23-7-5-6-21(16-23)26(35)14-15-28(37)32-18-22(30(38)39)17-27(36)29-20-10-12-24(13-11-20)34(29)42(40,41)25-8-3-2-4-9-25/h2-9,16,20,22,24,29H,10-15,17-18H2,1H3,(H2,31,33)(H,32,37)(H,38,39)/t20?,22-,24?,29-/m0/s1. The maximum atomic E-state index is 13.6. The van der Waals surface area contributed by atoms with E-state index in [2.05, 4.69) is 10.3 Å². The molecule has 0 aromatic heterocycles. The monoisotopic (exact) mass is 596 g/mol. The van der Waals surface area contributed by atoms with Crippen LogP contribution < -0.4 is 11.1 Å². The molecule has 2 aliphatic heterocycles. The average Bonchev–Trinajstić information content (AvgIpc) is 2.98. The summed E-state index contributed by atoms with van der Waals surface area (Å²) in [4.78, 5) is 54.9. The summed E-state index contributed by atoms with van der Waals surface area (Å²) in [5.41, 5.74) is 6.47. The number of ketones is 2. The van der Waals surface area contributed by atoms with Gasteiger partial charge in [-0.2, -0.15) is 4.31 Å². The van der Waals surface area contributed by atoms with E-state index in [-0.39, 0.29) is 42.0 Å². The van der Waals surface area contributed by atoms with E-state index in [9.17, 15) is 32.7 Å². The lowest BCUT2D eigenvalue weighted by Gasteiger charge is -2.49. The topological polar surface area (TPSA) is 176 Å². The second kappa shape index (κ2) is 13.4. The number of amides is 1. The number of hydrogen-bond acceptors (Lipinski definition) is 7. The third-order valence-corrected chi connectivity index (χ3v) is 9.81. The molecule has 0 spiro atoms. The first-order valence-electron chi connectivity index (χ1n) is 14.0. The first-order chi connectivity index (χ1) is 20.0. The zero-order valence-corrected chi connectivity index (χ0v) is 24.3. The molecule has 0 radical (unpaired) electrons. The molecule has 224 valence electrons. The molecule has 1 aliphatic carbocycles. The van der Waals surface area contributed by atoms with E-state index in [4.69, 9.17) is 5.73 Å². The number of nitrogens with one attached hydrogen (secondary N) is 1. The van der Waals surface area contributed by atoms with Gasteiger partial charge in [0, 0.05) is 37.4 Å². The average molecular weight is 597 g/mol. The van der Waals surface area contributed by atoms with Crippen LogP contribution in [0.15, 0.2) is 64.5 Å². The van der Waals surface area contributed by atoms with Crippen molar-refractivity contribution < 1.29 is 32.7 Å². The molecule has 42 heavy (non-hydrogen) atoms. The minimum Gasteiger partial charge on any atom is -0.481 e. The van der Waals surface area contributed by atoms with E-state index < -0.39 is 46.1 Å². The molecule has 2 aromatic carbocycles. The van der Waals surface area contributed by atoms with Crippen LogP contribution in [-0.4, -0.2) is 65.7 Å². The predicted octanol–water partition coefficient (Wildman–Crippen LogP) is 3.07. The predicted molar refractivity (Wildman–Crippen MR) is 156 cm³/mol. The van der Waals surface area contributed by atoms with Crippen LogP contribution in [0.5, 0.6) is 0 Å². The number of carbonyl (C=O) groups excluding carboxylic acids is 3. The van der Waals surface area contributed by atoms with Gasteiger partial charge >= 0.3 is 5.97 Å². The Morgan fingerprint density at radius 2 is 1.71 bits per heavy atom. The van der Waals surface area contributed by atoms with Gasteiger partial charge in [0.2, 0.25) is 15.9 Å². The van der Waals surface area contributed by atoms with Crippen LogP contribution in [0.2, 0.25) is 0 Å². The van der Waals surface area contributed by atoms with Crippen LogP contribution in [0.1, 0.15) is 62.2 Å². The minimum absolute atomic E-state index is 0.0980. The van der Waals surface area contributed by atoms with Gasteiger partial charge in [0.15, 0.2) is 11.6 Å². The zero-order valence-electron chi connectivity index (χ0n) is 23.4. The Bertz CT molecular complexity index is 1460. The number of aliphatic imine (C=N–C) groups is 1. The highest BCUT2D eigenvalue weighted by molar-refractivity contribution is 7.89. The number of carbonyl (C=O) groups is 4. The van der Waals surface area contributed by atoms with Crippen molar-refractivity contribution in [1.82, 2.24) is 9.62 Å². The highest BCUT2D eigenvalue weighted by Crippen LogP contribution is 2.43. The molecule has 2 atom stereocenters. The van der Waals surface area contributed by atoms with E-state index in [1.165, 1.54) is 16.4 Å². The van der Waals surface area contributed by atoms with Crippen LogP contribution in [0, 0.1) is 11.8 Å². The molecule has 2 saturated heterocycles. The number of carboxylic acid groups (broad SMARTS) is 1. The maximum absolute atomic E-state index is 13.6. The number of benzene rings is 2. The molecule has 4 N–H and O–H groups in total. The second-order valence-corrected chi connectivity index (χ2v) is 12.7. The van der Waals surface area contributed by atoms with Gasteiger partial charge < -0.3 is 16.2 Å². The fraction of sp³-hybridized carbons (Fsp3) is 0.433. The summed E-state index contributed by atoms with van der Waals surface area (Å²) in [5.74, 6) is -3.64. The Kier molecular flexibility index (Phi) is 9.89. The van der Waals surface area contributed by atoms with Crippen molar-refractivity contribution in [1.29, 1.82) is 0 Å². The van der Waals surface area contributed by atoms with Gasteiger partial charge in [0.1, 0.15) is 0 Å². The van der Waals surface area contributed by atoms with Crippen LogP contribution in [0.3, 0.4) is 0 Å². The Hall–Kier alpha value is -3.90. The number of fused-ring (bicyclic) bond motifs is 3. The van der Waals surface area contributed by atoms with Crippen molar-refractivity contribution in [3.8, 4) is 0 Å². The summed E-state index contributed by atoms with van der Waals surface area (Å²) in [5, 5.41) is 12.3. The number of Topliss-reactive ketones (excluding diaryl/α,β-unsaturated/α-hetero) is 2. The van der Waals surface area contributed by atoms with Gasteiger partial charge in [-0.1, -0.05) is 30.3 Å². The Morgan fingerprint density at radius 3 is 2.36 bits per heavy atom. The third-order valence-electron chi connectivity index (χ3n) is 7.87. The largest absolute Gasteiger partial charge is 0.481 e. The minimum atomic E-state index is -3.97. The number of rotatable bonds is 13. The second-order valence-electron chi connectivity index (χ2n) is 10.9. The summed E-state index contributed by atoms with van der Waals surface area (Å²) in [6, 6.07) is 13.2. The van der Waals surface area contributed by atoms with Crippen molar-refractivity contribution in [2.45, 2.75) is 68.8 Å². The zero-order chi connectivity index (χ0) is 30.4. The smallest absolute Gasteiger partial charge is 0.308 e. The summed E-state index contributed by atoms with van der Waals surface area (Å²) in [6.07, 6.45) is 2.02. The number of hydrogen-bond donors (Lipinski definition) is 3. The molecule has 5 rings (SSSR count). The highest BCUT2D eigenvalue weighted by Gasteiger charge is 2.51. The Labute approximate surface area is 245 Å². The fourth-order valence-electron chi connectivity index (χ4n) is 5.83. The van der Waals surface area contributed by atoms with Gasteiger partial charge in [-0.05, 0) is 62.8 Å². The summed E-state index contributed by atoms with van der Waals surface area (Å²) in [6.45, 7) is 1.30. The lowest BCUT2D eigenvalue weighted by Crippen LogP contribution is -2.60. The first-order valence-corrected chi connectivity index (χ1v) is 15.5. The van der Waals surface area contributed by atoms with Crippen molar-refractivity contribution in [3.63, 3.8) is 0 Å². The van der Waals surface area contributed by atoms with Crippen LogP contribution >= 0.6 is 0 Å². The SMILES string of the molecule is CC(N)=Nc1cccc(C(=O)CCC(=O)NC[C@H](CC(=O)[C@@H]2C3CCC(CC3)N2S(=O)(=O)c2ccccc2)C(=O)O)c1. The number of sulfonamides is 1. The van der Waals surface area contributed by atoms with Crippen LogP contribution in [0.4, 0.5) is 5.69 Å². The quantitative estimate of drug-likeness (QED) is 0.179. The molecule has 2 bridgehead atoms. The molecule has 3 aliphatic rings. The molecular formula is C30H36N4O7S. The summed E-state index contributed by atoms with van der Waals surface area (Å²) >= 11 is 0. The van der Waals surface area contributed by atoms with E-state index in [1.807, 2.05) is 0 Å². The van der Waals surface area contributed by atoms with Gasteiger partial charge in [0.25, 0.3) is 0 Å². The maximum Gasteiger partial charge on any atom is 0.308 e. The Balaban J connectivity index is 1.37. The van der Waals surface area contributed by atoms with Crippen LogP contribution in [0.25, 0.3) is 0 Å². The van der Waals surface area contributed by atoms with Crippen LogP contribution in [-0.2, 0) is 24.4 Å².